The highest BCUT2D eigenvalue weighted by Crippen LogP contribution is 2.35. The lowest BCUT2D eigenvalue weighted by Crippen LogP contribution is -1.88. The summed E-state index contributed by atoms with van der Waals surface area (Å²) < 4.78 is 0. The third-order valence-corrected chi connectivity index (χ3v) is 5.49. The highest BCUT2D eigenvalue weighted by molar-refractivity contribution is 6.13. The molecule has 0 nitrogen and oxygen atoms in total. The summed E-state index contributed by atoms with van der Waals surface area (Å²) in [6.07, 6.45) is 5.72. The van der Waals surface area contributed by atoms with E-state index in [9.17, 15) is 0 Å². The standard InChI is InChI=1S/C27H26/c1-3-20(2)10-8-11-21-12-9-14-22(18-21)27-19-23-13-4-5-15-24(23)25-16-6-7-17-26(25)27/h4-7,9-10,12-19H,3,8,11H2,1-2H3. The highest BCUT2D eigenvalue weighted by atomic mass is 14.1. The Morgan fingerprint density at radius 1 is 0.778 bits per heavy atom. The zero-order valence-electron chi connectivity index (χ0n) is 16.2. The molecule has 0 saturated heterocycles. The van der Waals surface area contributed by atoms with Gasteiger partial charge in [0.25, 0.3) is 0 Å². The van der Waals surface area contributed by atoms with Gasteiger partial charge in [0.15, 0.2) is 0 Å². The Kier molecular flexibility index (Phi) is 5.07. The van der Waals surface area contributed by atoms with Crippen LogP contribution in [-0.4, -0.2) is 0 Å². The zero-order valence-corrected chi connectivity index (χ0v) is 16.2. The number of hydrogen-bond donors (Lipinski definition) is 0. The molecular weight excluding hydrogens is 324 g/mol. The largest absolute Gasteiger partial charge is 0.0853 e. The average Bonchev–Trinajstić information content (AvgIpc) is 2.73. The van der Waals surface area contributed by atoms with Crippen LogP contribution in [0.1, 0.15) is 32.3 Å². The Hall–Kier alpha value is -2.86. The summed E-state index contributed by atoms with van der Waals surface area (Å²) in [5.41, 5.74) is 5.52. The number of hydrogen-bond acceptors (Lipinski definition) is 0. The molecule has 0 fully saturated rings. The van der Waals surface area contributed by atoms with E-state index in [1.54, 1.807) is 0 Å². The number of rotatable bonds is 5. The molecule has 27 heavy (non-hydrogen) atoms. The van der Waals surface area contributed by atoms with E-state index in [1.807, 2.05) is 0 Å². The van der Waals surface area contributed by atoms with Gasteiger partial charge >= 0.3 is 0 Å². The topological polar surface area (TPSA) is 0 Å². The van der Waals surface area contributed by atoms with Crippen molar-refractivity contribution in [2.45, 2.75) is 33.1 Å². The first-order valence-electron chi connectivity index (χ1n) is 9.91. The van der Waals surface area contributed by atoms with Crippen molar-refractivity contribution < 1.29 is 0 Å². The van der Waals surface area contributed by atoms with Crippen molar-refractivity contribution in [1.29, 1.82) is 0 Å². The van der Waals surface area contributed by atoms with Crippen molar-refractivity contribution in [1.82, 2.24) is 0 Å². The minimum Gasteiger partial charge on any atom is -0.0853 e. The summed E-state index contributed by atoms with van der Waals surface area (Å²) in [5, 5.41) is 5.29. The molecule has 0 radical (unpaired) electrons. The van der Waals surface area contributed by atoms with Crippen LogP contribution < -0.4 is 0 Å². The molecule has 0 aliphatic carbocycles. The predicted molar refractivity (Wildman–Crippen MR) is 119 cm³/mol. The number of aryl methyl sites for hydroxylation is 1. The monoisotopic (exact) mass is 350 g/mol. The summed E-state index contributed by atoms with van der Waals surface area (Å²) in [5.74, 6) is 0. The normalized spacial score (nSPS) is 12.0. The van der Waals surface area contributed by atoms with Crippen molar-refractivity contribution in [3.63, 3.8) is 0 Å². The van der Waals surface area contributed by atoms with Gasteiger partial charge in [-0.3, -0.25) is 0 Å². The molecule has 0 aliphatic rings. The maximum atomic E-state index is 2.37. The predicted octanol–water partition coefficient (Wildman–Crippen LogP) is 7.95. The molecule has 0 bridgehead atoms. The van der Waals surface area contributed by atoms with Crippen molar-refractivity contribution in [2.75, 3.05) is 0 Å². The van der Waals surface area contributed by atoms with Crippen LogP contribution in [0.4, 0.5) is 0 Å². The van der Waals surface area contributed by atoms with Crippen molar-refractivity contribution >= 4 is 21.5 Å². The van der Waals surface area contributed by atoms with Gasteiger partial charge < -0.3 is 0 Å². The minimum atomic E-state index is 1.09. The second kappa shape index (κ2) is 7.80. The van der Waals surface area contributed by atoms with Crippen LogP contribution in [0.25, 0.3) is 32.7 Å². The van der Waals surface area contributed by atoms with Crippen LogP contribution in [0.5, 0.6) is 0 Å². The molecule has 4 rings (SSSR count). The molecular formula is C27H26. The van der Waals surface area contributed by atoms with E-state index in [0.717, 1.165) is 19.3 Å². The zero-order chi connectivity index (χ0) is 18.6. The van der Waals surface area contributed by atoms with Crippen molar-refractivity contribution in [3.05, 3.63) is 96.1 Å². The van der Waals surface area contributed by atoms with Gasteiger partial charge in [0, 0.05) is 0 Å². The first kappa shape index (κ1) is 17.5. The Bertz CT molecular complexity index is 1120. The lowest BCUT2D eigenvalue weighted by Gasteiger charge is -2.12. The molecule has 0 aliphatic heterocycles. The molecule has 0 aromatic heterocycles. The Labute approximate surface area is 162 Å². The summed E-state index contributed by atoms with van der Waals surface area (Å²) in [7, 11) is 0. The van der Waals surface area contributed by atoms with E-state index >= 15 is 0 Å². The van der Waals surface area contributed by atoms with Gasteiger partial charge in [0.2, 0.25) is 0 Å². The second-order valence-corrected chi connectivity index (χ2v) is 7.33. The molecule has 0 N–H and O–H groups in total. The molecule has 0 amide bonds. The molecule has 0 spiro atoms. The van der Waals surface area contributed by atoms with Crippen LogP contribution in [-0.2, 0) is 6.42 Å². The van der Waals surface area contributed by atoms with E-state index in [2.05, 4.69) is 98.8 Å². The highest BCUT2D eigenvalue weighted by Gasteiger charge is 2.08. The Morgan fingerprint density at radius 2 is 1.52 bits per heavy atom. The first-order chi connectivity index (χ1) is 13.3. The number of benzene rings is 4. The maximum Gasteiger partial charge on any atom is -0.00989 e. The molecule has 0 unspecified atom stereocenters. The van der Waals surface area contributed by atoms with E-state index in [1.165, 1.54) is 43.8 Å². The van der Waals surface area contributed by atoms with Gasteiger partial charge in [-0.1, -0.05) is 91.4 Å². The van der Waals surface area contributed by atoms with E-state index < -0.39 is 0 Å². The first-order valence-corrected chi connectivity index (χ1v) is 9.91. The van der Waals surface area contributed by atoms with Crippen molar-refractivity contribution in [3.8, 4) is 11.1 Å². The SMILES string of the molecule is CCC(C)=CCCc1cccc(-c2cc3ccccc3c3ccccc23)c1. The summed E-state index contributed by atoms with van der Waals surface area (Å²) in [4.78, 5) is 0. The lowest BCUT2D eigenvalue weighted by molar-refractivity contribution is 0.967. The van der Waals surface area contributed by atoms with Crippen LogP contribution in [0.2, 0.25) is 0 Å². The summed E-state index contributed by atoms with van der Waals surface area (Å²) in [6, 6.07) is 28.9. The van der Waals surface area contributed by atoms with E-state index in [0.29, 0.717) is 0 Å². The molecule has 4 aromatic rings. The fourth-order valence-corrected chi connectivity index (χ4v) is 3.82. The molecule has 0 atom stereocenters. The van der Waals surface area contributed by atoms with Crippen molar-refractivity contribution in [2.24, 2.45) is 0 Å². The van der Waals surface area contributed by atoms with Gasteiger partial charge in [-0.15, -0.1) is 0 Å². The third kappa shape index (κ3) is 3.66. The lowest BCUT2D eigenvalue weighted by atomic mass is 9.92. The van der Waals surface area contributed by atoms with Gasteiger partial charge in [0.05, 0.1) is 0 Å². The van der Waals surface area contributed by atoms with Gasteiger partial charge in [0.1, 0.15) is 0 Å². The minimum absolute atomic E-state index is 1.09. The molecule has 0 heterocycles. The quantitative estimate of drug-likeness (QED) is 0.253. The number of allylic oxidation sites excluding steroid dienone is 2. The third-order valence-electron chi connectivity index (χ3n) is 5.49. The Morgan fingerprint density at radius 3 is 2.33 bits per heavy atom. The van der Waals surface area contributed by atoms with Crippen LogP contribution >= 0.6 is 0 Å². The summed E-state index contributed by atoms with van der Waals surface area (Å²) >= 11 is 0. The fourth-order valence-electron chi connectivity index (χ4n) is 3.82. The van der Waals surface area contributed by atoms with Gasteiger partial charge in [-0.05, 0) is 70.5 Å². The van der Waals surface area contributed by atoms with Crippen LogP contribution in [0.15, 0.2) is 90.5 Å². The average molecular weight is 351 g/mol. The second-order valence-electron chi connectivity index (χ2n) is 7.33. The molecule has 134 valence electrons. The van der Waals surface area contributed by atoms with Crippen LogP contribution in [0, 0.1) is 0 Å². The fraction of sp³-hybridized carbons (Fsp3) is 0.185. The molecule has 0 saturated carbocycles. The van der Waals surface area contributed by atoms with Crippen LogP contribution in [0.3, 0.4) is 0 Å². The smallest absolute Gasteiger partial charge is 0.00989 e. The van der Waals surface area contributed by atoms with Gasteiger partial charge in [-0.25, -0.2) is 0 Å². The maximum absolute atomic E-state index is 2.37. The van der Waals surface area contributed by atoms with Gasteiger partial charge in [-0.2, -0.15) is 0 Å². The molecule has 0 heteroatoms. The number of fused-ring (bicyclic) bond motifs is 3. The van der Waals surface area contributed by atoms with E-state index in [4.69, 9.17) is 0 Å². The summed E-state index contributed by atoms with van der Waals surface area (Å²) in [6.45, 7) is 4.44. The molecule has 4 aromatic carbocycles. The Balaban J connectivity index is 1.79. The van der Waals surface area contributed by atoms with E-state index in [-0.39, 0.29) is 0 Å².